The molecule has 83 heavy (non-hydrogen) atoms. The number of amides is 6. The van der Waals surface area contributed by atoms with Gasteiger partial charge in [0.05, 0.1) is 30.1 Å². The first kappa shape index (κ1) is 76.4. The third-order valence-electron chi connectivity index (χ3n) is 14.1. The van der Waals surface area contributed by atoms with Gasteiger partial charge in [-0.15, -0.1) is 0 Å². The number of nitrogens with two attached hydrogens (primary N) is 6. The number of carbonyl (C=O) groups excluding carboxylic acids is 10. The highest BCUT2D eigenvalue weighted by atomic mass is 16.4. The normalized spacial score (nSPS) is 14.0. The number of aliphatic imine (C=N–C) groups is 2. The van der Waals surface area contributed by atoms with E-state index >= 15 is 0 Å². The van der Waals surface area contributed by atoms with Crippen molar-refractivity contribution in [2.75, 3.05) is 19.6 Å². The number of ketones is 4. The largest absolute Gasteiger partial charge is 0.481 e. The zero-order valence-electron chi connectivity index (χ0n) is 50.0. The second-order valence-electron chi connectivity index (χ2n) is 21.6. The standard InChI is InChI=1S/C57H103N13O13/c1-5-7-8-9-10-11-12-13-14-15-16-17-18-26-49(77)68-43(23-19-20-31-58)55(83)69-42(25-22-33-65-57(62)63)46(74)34-39(27-30-51(79)80)53(81)70-52(38(4)71)47(75)35-40(36-48(59)76)54(82)66-37(3)45(73)28-29-50(78)67-41(44(72)6-2)24-21-32-64-56(60)61/h37-43,52,71H,5-36,58H2,1-4H3,(H2,59,76)(H,66,82)(H,67,78)(H,68,77)(H,69,83)(H,70,81)(H,79,80)(H4,60,61,64)(H4,62,63,65)/t37-,38+,39+,40-,41-,42-,43-,52-/m0/s1. The summed E-state index contributed by atoms with van der Waals surface area (Å²) in [4.78, 5) is 153. The molecule has 26 heteroatoms. The molecule has 0 radical (unpaired) electrons. The Bertz CT molecular complexity index is 2080. The van der Waals surface area contributed by atoms with Crippen LogP contribution < -0.4 is 61.0 Å². The topological polar surface area (TPSA) is 469 Å². The van der Waals surface area contributed by atoms with Gasteiger partial charge in [0.25, 0.3) is 0 Å². The smallest absolute Gasteiger partial charge is 0.303 e. The average molecular weight is 1180 g/mol. The second-order valence-corrected chi connectivity index (χ2v) is 21.6. The molecule has 8 atom stereocenters. The van der Waals surface area contributed by atoms with Crippen LogP contribution in [-0.4, -0.2) is 143 Å². The van der Waals surface area contributed by atoms with Gasteiger partial charge < -0.3 is 71.2 Å². The molecule has 6 amide bonds. The van der Waals surface area contributed by atoms with Crippen LogP contribution in [0.4, 0.5) is 0 Å². The first-order valence-corrected chi connectivity index (χ1v) is 30.0. The maximum Gasteiger partial charge on any atom is 0.303 e. The van der Waals surface area contributed by atoms with Crippen molar-refractivity contribution in [3.05, 3.63) is 0 Å². The lowest BCUT2D eigenvalue weighted by Gasteiger charge is -2.27. The van der Waals surface area contributed by atoms with Crippen LogP contribution in [0.1, 0.15) is 214 Å². The minimum Gasteiger partial charge on any atom is -0.481 e. The lowest BCUT2D eigenvalue weighted by Crippen LogP contribution is -2.53. The molecule has 0 rings (SSSR count). The number of aliphatic hydroxyl groups excluding tert-OH is 1. The molecule has 0 bridgehead atoms. The minimum absolute atomic E-state index is 0.0417. The Hall–Kier alpha value is -6.57. The SMILES string of the molecule is CCCCCCCCCCCCCCCC(=O)N[C@@H](CCCCN)C(=O)N[C@@H](CCCN=C(N)N)C(=O)C[C@@H](CCC(=O)O)C(=O)N[C@H](C(=O)C[C@@H](CC(N)=O)C(=O)N[C@@H](C)C(=O)CCC(=O)N[C@@H](CCCN=C(N)N)C(=O)CC)[C@@H](C)O. The van der Waals surface area contributed by atoms with Gasteiger partial charge in [-0.25, -0.2) is 0 Å². The van der Waals surface area contributed by atoms with Gasteiger partial charge in [-0.1, -0.05) is 90.9 Å². The summed E-state index contributed by atoms with van der Waals surface area (Å²) in [5, 5.41) is 33.4. The number of carbonyl (C=O) groups is 11. The number of aliphatic carboxylic acids is 1. The van der Waals surface area contributed by atoms with Crippen LogP contribution in [-0.2, 0) is 52.7 Å². The number of rotatable bonds is 52. The highest BCUT2D eigenvalue weighted by Crippen LogP contribution is 2.20. The maximum atomic E-state index is 14.2. The van der Waals surface area contributed by atoms with Crippen molar-refractivity contribution in [2.24, 2.45) is 56.2 Å². The molecule has 474 valence electrons. The van der Waals surface area contributed by atoms with Crippen molar-refractivity contribution in [2.45, 2.75) is 250 Å². The molecule has 26 nitrogen and oxygen atoms in total. The van der Waals surface area contributed by atoms with E-state index in [9.17, 15) is 63.0 Å². The first-order chi connectivity index (χ1) is 39.4. The molecule has 0 unspecified atom stereocenters. The molecule has 0 aromatic carbocycles. The van der Waals surface area contributed by atoms with E-state index in [0.29, 0.717) is 32.2 Å². The Labute approximate surface area is 490 Å². The van der Waals surface area contributed by atoms with Gasteiger partial charge >= 0.3 is 5.97 Å². The number of hydrogen-bond acceptors (Lipinski definition) is 15. The summed E-state index contributed by atoms with van der Waals surface area (Å²) in [6.07, 6.45) is 11.5. The monoisotopic (exact) mass is 1180 g/mol. The number of nitrogens with one attached hydrogen (secondary N) is 5. The van der Waals surface area contributed by atoms with Crippen LogP contribution >= 0.6 is 0 Å². The van der Waals surface area contributed by atoms with Crippen molar-refractivity contribution in [3.8, 4) is 0 Å². The van der Waals surface area contributed by atoms with E-state index in [-0.39, 0.29) is 88.1 Å². The van der Waals surface area contributed by atoms with Crippen LogP contribution in [0.3, 0.4) is 0 Å². The van der Waals surface area contributed by atoms with Crippen molar-refractivity contribution < 1.29 is 63.0 Å². The van der Waals surface area contributed by atoms with E-state index in [4.69, 9.17) is 34.4 Å². The first-order valence-electron chi connectivity index (χ1n) is 30.0. The molecule has 0 saturated carbocycles. The fraction of sp³-hybridized carbons (Fsp3) is 0.772. The van der Waals surface area contributed by atoms with Crippen molar-refractivity contribution in [1.29, 1.82) is 0 Å². The summed E-state index contributed by atoms with van der Waals surface area (Å²) in [6, 6.07) is -6.20. The number of carboxylic acids is 1. The van der Waals surface area contributed by atoms with Gasteiger partial charge in [-0.3, -0.25) is 62.7 Å². The molecule has 0 saturated heterocycles. The summed E-state index contributed by atoms with van der Waals surface area (Å²) in [7, 11) is 0. The fourth-order valence-corrected chi connectivity index (χ4v) is 9.24. The highest BCUT2D eigenvalue weighted by Gasteiger charge is 2.36. The third kappa shape index (κ3) is 38.0. The third-order valence-corrected chi connectivity index (χ3v) is 14.1. The fourth-order valence-electron chi connectivity index (χ4n) is 9.24. The number of carboxylic acid groups (broad SMARTS) is 1. The molecule has 0 aliphatic carbocycles. The molecule has 0 aromatic heterocycles. The molecule has 19 N–H and O–H groups in total. The van der Waals surface area contributed by atoms with E-state index in [1.807, 2.05) is 0 Å². The number of nitrogens with zero attached hydrogens (tertiary/aromatic N) is 2. The summed E-state index contributed by atoms with van der Waals surface area (Å²) in [5.74, 6) is -11.8. The Morgan fingerprint density at radius 3 is 1.42 bits per heavy atom. The number of primary amides is 1. The molecule has 0 spiro atoms. The Morgan fingerprint density at radius 2 is 0.928 bits per heavy atom. The maximum absolute atomic E-state index is 14.2. The van der Waals surface area contributed by atoms with E-state index in [0.717, 1.165) is 32.6 Å². The zero-order valence-corrected chi connectivity index (χ0v) is 50.0. The molecular formula is C57H103N13O13. The lowest BCUT2D eigenvalue weighted by molar-refractivity contribution is -0.140. The minimum atomic E-state index is -1.77. The molecule has 0 fully saturated rings. The predicted molar refractivity (Wildman–Crippen MR) is 316 cm³/mol. The van der Waals surface area contributed by atoms with Gasteiger partial charge in [0.15, 0.2) is 35.1 Å². The lowest BCUT2D eigenvalue weighted by atomic mass is 9.89. The molecule has 0 heterocycles. The van der Waals surface area contributed by atoms with E-state index in [1.54, 1.807) is 6.92 Å². The number of guanidine groups is 2. The molecule has 0 aromatic rings. The van der Waals surface area contributed by atoms with Crippen LogP contribution in [0, 0.1) is 11.8 Å². The van der Waals surface area contributed by atoms with Gasteiger partial charge in [-0.05, 0) is 78.2 Å². The number of aliphatic hydroxyl groups is 1. The van der Waals surface area contributed by atoms with Gasteiger partial charge in [0.2, 0.25) is 35.4 Å². The number of unbranched alkanes of at least 4 members (excludes halogenated alkanes) is 13. The summed E-state index contributed by atoms with van der Waals surface area (Å²) in [6.45, 7) is 6.92. The van der Waals surface area contributed by atoms with Crippen LogP contribution in [0.5, 0.6) is 0 Å². The molecule has 0 aliphatic rings. The van der Waals surface area contributed by atoms with Gasteiger partial charge in [0, 0.05) is 70.4 Å². The number of Topliss-reactive ketones (excluding diaryl/α,β-unsaturated/α-hetero) is 4. The van der Waals surface area contributed by atoms with Crippen LogP contribution in [0.2, 0.25) is 0 Å². The quantitative estimate of drug-likeness (QED) is 0.0234. The van der Waals surface area contributed by atoms with E-state index < -0.39 is 133 Å². The highest BCUT2D eigenvalue weighted by molar-refractivity contribution is 5.98. The summed E-state index contributed by atoms with van der Waals surface area (Å²) >= 11 is 0. The van der Waals surface area contributed by atoms with Crippen molar-refractivity contribution >= 4 is 76.5 Å². The van der Waals surface area contributed by atoms with Crippen LogP contribution in [0.25, 0.3) is 0 Å². The predicted octanol–water partition coefficient (Wildman–Crippen LogP) is 1.75. The Morgan fingerprint density at radius 1 is 0.446 bits per heavy atom. The molecule has 0 aliphatic heterocycles. The average Bonchev–Trinajstić information content (AvgIpc) is 3.48. The summed E-state index contributed by atoms with van der Waals surface area (Å²) in [5.41, 5.74) is 32.9. The van der Waals surface area contributed by atoms with Gasteiger partial charge in [0.1, 0.15) is 12.1 Å². The second kappa shape index (κ2) is 45.9. The van der Waals surface area contributed by atoms with Crippen molar-refractivity contribution in [1.82, 2.24) is 26.6 Å². The Balaban J connectivity index is 6.15. The van der Waals surface area contributed by atoms with E-state index in [2.05, 4.69) is 43.5 Å². The van der Waals surface area contributed by atoms with Crippen molar-refractivity contribution in [3.63, 3.8) is 0 Å². The van der Waals surface area contributed by atoms with E-state index in [1.165, 1.54) is 58.3 Å². The summed E-state index contributed by atoms with van der Waals surface area (Å²) < 4.78 is 0. The molecular weight excluding hydrogens is 1070 g/mol. The zero-order chi connectivity index (χ0) is 62.7. The Kier molecular flexibility index (Phi) is 42.3. The van der Waals surface area contributed by atoms with Gasteiger partial charge in [-0.2, -0.15) is 0 Å². The number of hydrogen-bond donors (Lipinski definition) is 13. The van der Waals surface area contributed by atoms with Crippen LogP contribution in [0.15, 0.2) is 9.98 Å².